The maximum absolute atomic E-state index is 10.6. The van der Waals surface area contributed by atoms with E-state index in [-0.39, 0.29) is 0 Å². The van der Waals surface area contributed by atoms with Crippen molar-refractivity contribution >= 4 is 33.3 Å². The van der Waals surface area contributed by atoms with Crippen LogP contribution in [0.4, 0.5) is 11.8 Å². The van der Waals surface area contributed by atoms with Gasteiger partial charge in [-0.05, 0) is 11.4 Å². The fraction of sp³-hybridized carbons (Fsp3) is 0.538. The zero-order valence-electron chi connectivity index (χ0n) is 11.9. The molecule has 1 saturated heterocycles. The molecule has 0 spiro atoms. The van der Waals surface area contributed by atoms with Crippen molar-refractivity contribution in [2.75, 3.05) is 37.1 Å². The SMILES string of the molecule is CN(CC1(O)CCOCC1)c1nc(NN)nc2sccc12. The first kappa shape index (κ1) is 14.5. The van der Waals surface area contributed by atoms with Crippen LogP contribution in [0.3, 0.4) is 0 Å². The Balaban J connectivity index is 1.89. The highest BCUT2D eigenvalue weighted by molar-refractivity contribution is 7.16. The molecule has 21 heavy (non-hydrogen) atoms. The first-order valence-electron chi connectivity index (χ1n) is 6.84. The zero-order chi connectivity index (χ0) is 14.9. The molecular formula is C13H19N5O2S. The second-order valence-electron chi connectivity index (χ2n) is 5.35. The van der Waals surface area contributed by atoms with Crippen LogP contribution in [0.1, 0.15) is 12.8 Å². The summed E-state index contributed by atoms with van der Waals surface area (Å²) < 4.78 is 5.32. The molecule has 3 rings (SSSR count). The lowest BCUT2D eigenvalue weighted by atomic mass is 9.94. The van der Waals surface area contributed by atoms with Crippen molar-refractivity contribution in [2.45, 2.75) is 18.4 Å². The summed E-state index contributed by atoms with van der Waals surface area (Å²) >= 11 is 1.54. The molecule has 0 unspecified atom stereocenters. The van der Waals surface area contributed by atoms with Gasteiger partial charge in [0.2, 0.25) is 5.95 Å². The third-order valence-corrected chi connectivity index (χ3v) is 4.56. The van der Waals surface area contributed by atoms with Gasteiger partial charge in [-0.2, -0.15) is 4.98 Å². The molecule has 4 N–H and O–H groups in total. The summed E-state index contributed by atoms with van der Waals surface area (Å²) in [6, 6.07) is 1.99. The Kier molecular flexibility index (Phi) is 3.94. The van der Waals surface area contributed by atoms with Crippen molar-refractivity contribution in [3.63, 3.8) is 0 Å². The predicted octanol–water partition coefficient (Wildman–Crippen LogP) is 0.955. The van der Waals surface area contributed by atoms with E-state index in [0.29, 0.717) is 38.5 Å². The highest BCUT2D eigenvalue weighted by Gasteiger charge is 2.32. The predicted molar refractivity (Wildman–Crippen MR) is 83.5 cm³/mol. The maximum Gasteiger partial charge on any atom is 0.240 e. The summed E-state index contributed by atoms with van der Waals surface area (Å²) in [5.74, 6) is 6.59. The van der Waals surface area contributed by atoms with Crippen molar-refractivity contribution in [3.8, 4) is 0 Å². The van der Waals surface area contributed by atoms with E-state index in [1.165, 1.54) is 11.3 Å². The van der Waals surface area contributed by atoms with Crippen LogP contribution in [-0.4, -0.2) is 47.5 Å². The van der Waals surface area contributed by atoms with E-state index < -0.39 is 5.60 Å². The molecule has 7 nitrogen and oxygen atoms in total. The van der Waals surface area contributed by atoms with Crippen molar-refractivity contribution < 1.29 is 9.84 Å². The topological polar surface area (TPSA) is 96.5 Å². The fourth-order valence-electron chi connectivity index (χ4n) is 2.62. The van der Waals surface area contributed by atoms with Gasteiger partial charge < -0.3 is 14.7 Å². The number of nitrogens with one attached hydrogen (secondary N) is 1. The van der Waals surface area contributed by atoms with E-state index in [0.717, 1.165) is 16.0 Å². The van der Waals surface area contributed by atoms with Crippen LogP contribution >= 0.6 is 11.3 Å². The fourth-order valence-corrected chi connectivity index (χ4v) is 3.38. The summed E-state index contributed by atoms with van der Waals surface area (Å²) in [7, 11) is 1.92. The smallest absolute Gasteiger partial charge is 0.240 e. The lowest BCUT2D eigenvalue weighted by Gasteiger charge is -2.36. The highest BCUT2D eigenvalue weighted by atomic mass is 32.1. The van der Waals surface area contributed by atoms with E-state index >= 15 is 0 Å². The number of rotatable bonds is 4. The van der Waals surface area contributed by atoms with Gasteiger partial charge in [-0.3, -0.25) is 5.43 Å². The number of aliphatic hydroxyl groups is 1. The largest absolute Gasteiger partial charge is 0.388 e. The van der Waals surface area contributed by atoms with E-state index in [4.69, 9.17) is 10.6 Å². The van der Waals surface area contributed by atoms with E-state index in [1.807, 2.05) is 23.4 Å². The Morgan fingerprint density at radius 1 is 1.48 bits per heavy atom. The molecule has 0 radical (unpaired) electrons. The number of ether oxygens (including phenoxy) is 1. The van der Waals surface area contributed by atoms with Crippen LogP contribution in [0.2, 0.25) is 0 Å². The lowest BCUT2D eigenvalue weighted by molar-refractivity contribution is -0.0573. The third-order valence-electron chi connectivity index (χ3n) is 3.75. The Labute approximate surface area is 126 Å². The summed E-state index contributed by atoms with van der Waals surface area (Å²) in [4.78, 5) is 11.6. The van der Waals surface area contributed by atoms with Gasteiger partial charge in [0, 0.05) is 39.6 Å². The molecule has 3 heterocycles. The first-order chi connectivity index (χ1) is 10.1. The summed E-state index contributed by atoms with van der Waals surface area (Å²) in [5.41, 5.74) is 1.75. The van der Waals surface area contributed by atoms with Crippen molar-refractivity contribution in [2.24, 2.45) is 5.84 Å². The average molecular weight is 309 g/mol. The minimum atomic E-state index is -0.739. The number of thiophene rings is 1. The molecule has 1 fully saturated rings. The van der Waals surface area contributed by atoms with Crippen LogP contribution in [0, 0.1) is 0 Å². The number of fused-ring (bicyclic) bond motifs is 1. The minimum absolute atomic E-state index is 0.380. The molecule has 0 bridgehead atoms. The molecular weight excluding hydrogens is 290 g/mol. The number of nitrogen functional groups attached to an aromatic ring is 1. The van der Waals surface area contributed by atoms with E-state index in [2.05, 4.69) is 15.4 Å². The number of nitrogens with zero attached hydrogens (tertiary/aromatic N) is 3. The molecule has 8 heteroatoms. The highest BCUT2D eigenvalue weighted by Crippen LogP contribution is 2.30. The van der Waals surface area contributed by atoms with Gasteiger partial charge >= 0.3 is 0 Å². The van der Waals surface area contributed by atoms with Gasteiger partial charge in [-0.15, -0.1) is 11.3 Å². The normalized spacial score (nSPS) is 17.9. The van der Waals surface area contributed by atoms with Gasteiger partial charge in [0.05, 0.1) is 11.0 Å². The number of nitrogens with two attached hydrogens (primary N) is 1. The Morgan fingerprint density at radius 3 is 2.95 bits per heavy atom. The van der Waals surface area contributed by atoms with Gasteiger partial charge in [-0.1, -0.05) is 0 Å². The van der Waals surface area contributed by atoms with Crippen LogP contribution in [0.5, 0.6) is 0 Å². The molecule has 0 aliphatic carbocycles. The summed E-state index contributed by atoms with van der Waals surface area (Å²) in [6.45, 7) is 1.69. The molecule has 1 aliphatic rings. The van der Waals surface area contributed by atoms with Crippen molar-refractivity contribution in [3.05, 3.63) is 11.4 Å². The maximum atomic E-state index is 10.6. The standard InChI is InChI=1S/C13H19N5O2S/c1-18(8-13(19)3-5-20-6-4-13)10-9-2-7-21-11(9)16-12(15-10)17-14/h2,7,19H,3-6,8,14H2,1H3,(H,15,16,17). The van der Waals surface area contributed by atoms with Gasteiger partial charge in [0.15, 0.2) is 0 Å². The molecule has 1 aliphatic heterocycles. The number of hydrazine groups is 1. The molecule has 0 saturated carbocycles. The van der Waals surface area contributed by atoms with Gasteiger partial charge in [0.25, 0.3) is 0 Å². The van der Waals surface area contributed by atoms with E-state index in [9.17, 15) is 5.11 Å². The van der Waals surface area contributed by atoms with Crippen LogP contribution in [0.25, 0.3) is 10.2 Å². The molecule has 0 aromatic carbocycles. The summed E-state index contributed by atoms with van der Waals surface area (Å²) in [6.07, 6.45) is 1.27. The lowest BCUT2D eigenvalue weighted by Crippen LogP contribution is -2.46. The first-order valence-corrected chi connectivity index (χ1v) is 7.72. The number of aromatic nitrogens is 2. The number of likely N-dealkylation sites (N-methyl/N-ethyl adjacent to an activating group) is 1. The minimum Gasteiger partial charge on any atom is -0.388 e. The average Bonchev–Trinajstić information content (AvgIpc) is 2.94. The Bertz CT molecular complexity index is 626. The quantitative estimate of drug-likeness (QED) is 0.571. The number of hydrogen-bond donors (Lipinski definition) is 3. The molecule has 0 amide bonds. The van der Waals surface area contributed by atoms with E-state index in [1.54, 1.807) is 0 Å². The monoisotopic (exact) mass is 309 g/mol. The molecule has 2 aromatic rings. The van der Waals surface area contributed by atoms with Crippen molar-refractivity contribution in [1.82, 2.24) is 9.97 Å². The second kappa shape index (κ2) is 5.72. The number of anilines is 2. The Morgan fingerprint density at radius 2 is 2.24 bits per heavy atom. The Hall–Kier alpha value is -1.48. The van der Waals surface area contributed by atoms with Gasteiger partial charge in [-0.25, -0.2) is 10.8 Å². The van der Waals surface area contributed by atoms with Gasteiger partial charge in [0.1, 0.15) is 10.6 Å². The van der Waals surface area contributed by atoms with Crippen LogP contribution < -0.4 is 16.2 Å². The van der Waals surface area contributed by atoms with Crippen LogP contribution in [0.15, 0.2) is 11.4 Å². The van der Waals surface area contributed by atoms with Crippen LogP contribution in [-0.2, 0) is 4.74 Å². The zero-order valence-corrected chi connectivity index (χ0v) is 12.7. The second-order valence-corrected chi connectivity index (χ2v) is 6.24. The summed E-state index contributed by atoms with van der Waals surface area (Å²) in [5, 5.41) is 13.6. The number of hydrogen-bond acceptors (Lipinski definition) is 8. The molecule has 0 atom stereocenters. The van der Waals surface area contributed by atoms with Crippen molar-refractivity contribution in [1.29, 1.82) is 0 Å². The molecule has 114 valence electrons. The molecule has 2 aromatic heterocycles. The third kappa shape index (κ3) is 2.93.